The number of phenols is 1. The molecule has 96 valence electrons. The van der Waals surface area contributed by atoms with Crippen molar-refractivity contribution in [1.29, 1.82) is 0 Å². The summed E-state index contributed by atoms with van der Waals surface area (Å²) in [6.07, 6.45) is 1.73. The molecule has 0 amide bonds. The van der Waals surface area contributed by atoms with Gasteiger partial charge in [-0.2, -0.15) is 0 Å². The van der Waals surface area contributed by atoms with E-state index in [-0.39, 0.29) is 5.75 Å². The summed E-state index contributed by atoms with van der Waals surface area (Å²) >= 11 is 0. The highest BCUT2D eigenvalue weighted by Gasteiger charge is 2.06. The Morgan fingerprint density at radius 1 is 1.11 bits per heavy atom. The minimum absolute atomic E-state index is 0.233. The highest BCUT2D eigenvalue weighted by molar-refractivity contribution is 5.81. The molecule has 3 heteroatoms. The average molecular weight is 254 g/mol. The maximum atomic E-state index is 9.21. The summed E-state index contributed by atoms with van der Waals surface area (Å²) in [6, 6.07) is 12.8. The van der Waals surface area contributed by atoms with Gasteiger partial charge in [0.2, 0.25) is 0 Å². The van der Waals surface area contributed by atoms with Crippen LogP contribution in [0.2, 0.25) is 0 Å². The molecule has 2 aromatic carbocycles. The molecule has 0 spiro atoms. The number of rotatable bonds is 3. The zero-order valence-corrected chi connectivity index (χ0v) is 10.6. The van der Waals surface area contributed by atoms with Gasteiger partial charge in [-0.25, -0.2) is 0 Å². The van der Waals surface area contributed by atoms with Crippen molar-refractivity contribution in [1.82, 2.24) is 0 Å². The number of furan rings is 1. The highest BCUT2D eigenvalue weighted by Crippen LogP contribution is 2.24. The zero-order valence-electron chi connectivity index (χ0n) is 10.6. The Morgan fingerprint density at radius 2 is 1.89 bits per heavy atom. The van der Waals surface area contributed by atoms with Crippen molar-refractivity contribution in [3.63, 3.8) is 0 Å². The number of fused-ring (bicyclic) bond motifs is 1. The third kappa shape index (κ3) is 2.40. The minimum atomic E-state index is 0.233. The van der Waals surface area contributed by atoms with Crippen molar-refractivity contribution in [2.75, 3.05) is 0 Å². The van der Waals surface area contributed by atoms with Crippen LogP contribution >= 0.6 is 0 Å². The molecule has 0 aliphatic heterocycles. The van der Waals surface area contributed by atoms with E-state index < -0.39 is 0 Å². The van der Waals surface area contributed by atoms with Crippen molar-refractivity contribution in [2.24, 2.45) is 0 Å². The first kappa shape index (κ1) is 11.7. The van der Waals surface area contributed by atoms with E-state index in [1.54, 1.807) is 30.5 Å². The molecule has 1 aromatic heterocycles. The van der Waals surface area contributed by atoms with Gasteiger partial charge in [-0.3, -0.25) is 0 Å². The van der Waals surface area contributed by atoms with E-state index in [4.69, 9.17) is 9.15 Å². The summed E-state index contributed by atoms with van der Waals surface area (Å²) in [6.45, 7) is 2.50. The molecular weight excluding hydrogens is 240 g/mol. The second-order valence-corrected chi connectivity index (χ2v) is 4.54. The molecule has 0 radical (unpaired) electrons. The van der Waals surface area contributed by atoms with Crippen LogP contribution in [0.4, 0.5) is 0 Å². The Morgan fingerprint density at radius 3 is 2.68 bits per heavy atom. The summed E-state index contributed by atoms with van der Waals surface area (Å²) in [5.41, 5.74) is 3.08. The van der Waals surface area contributed by atoms with E-state index >= 15 is 0 Å². The standard InChI is InChI=1S/C16H14O3/c1-11-2-7-16-15(8-11)12(10-19-16)9-18-14-5-3-13(17)4-6-14/h2-8,10,17H,9H2,1H3. The van der Waals surface area contributed by atoms with Crippen LogP contribution < -0.4 is 4.74 Å². The number of hydrogen-bond acceptors (Lipinski definition) is 3. The van der Waals surface area contributed by atoms with Gasteiger partial charge in [-0.05, 0) is 43.3 Å². The molecule has 0 unspecified atom stereocenters. The lowest BCUT2D eigenvalue weighted by Gasteiger charge is -2.05. The van der Waals surface area contributed by atoms with Gasteiger partial charge in [-0.1, -0.05) is 11.6 Å². The van der Waals surface area contributed by atoms with Gasteiger partial charge >= 0.3 is 0 Å². The fourth-order valence-electron chi connectivity index (χ4n) is 2.01. The van der Waals surface area contributed by atoms with Crippen LogP contribution in [0.1, 0.15) is 11.1 Å². The molecule has 0 aliphatic carbocycles. The van der Waals surface area contributed by atoms with Crippen LogP contribution in [0.15, 0.2) is 53.1 Å². The summed E-state index contributed by atoms with van der Waals surface area (Å²) < 4.78 is 11.2. The second-order valence-electron chi connectivity index (χ2n) is 4.54. The predicted octanol–water partition coefficient (Wildman–Crippen LogP) is 4.03. The second kappa shape index (κ2) is 4.69. The monoisotopic (exact) mass is 254 g/mol. The van der Waals surface area contributed by atoms with Crippen LogP contribution in [0.5, 0.6) is 11.5 Å². The number of ether oxygens (including phenoxy) is 1. The Kier molecular flexibility index (Phi) is 2.88. The quantitative estimate of drug-likeness (QED) is 0.767. The first-order chi connectivity index (χ1) is 9.22. The third-order valence-corrected chi connectivity index (χ3v) is 3.04. The summed E-state index contributed by atoms with van der Waals surface area (Å²) in [5, 5.41) is 10.3. The number of aryl methyl sites for hydroxylation is 1. The summed E-state index contributed by atoms with van der Waals surface area (Å²) in [5.74, 6) is 0.955. The Balaban J connectivity index is 1.81. The fourth-order valence-corrected chi connectivity index (χ4v) is 2.01. The molecule has 1 heterocycles. The van der Waals surface area contributed by atoms with Crippen LogP contribution in [0.25, 0.3) is 11.0 Å². The van der Waals surface area contributed by atoms with Crippen molar-refractivity contribution in [3.8, 4) is 11.5 Å². The lowest BCUT2D eigenvalue weighted by atomic mass is 10.1. The predicted molar refractivity (Wildman–Crippen MR) is 73.4 cm³/mol. The fraction of sp³-hybridized carbons (Fsp3) is 0.125. The average Bonchev–Trinajstić information content (AvgIpc) is 2.80. The van der Waals surface area contributed by atoms with Gasteiger partial charge in [0.25, 0.3) is 0 Å². The first-order valence-corrected chi connectivity index (χ1v) is 6.11. The van der Waals surface area contributed by atoms with Gasteiger partial charge in [-0.15, -0.1) is 0 Å². The van der Waals surface area contributed by atoms with Gasteiger partial charge in [0, 0.05) is 10.9 Å². The molecule has 3 nitrogen and oxygen atoms in total. The van der Waals surface area contributed by atoms with Crippen molar-refractivity contribution in [2.45, 2.75) is 13.5 Å². The smallest absolute Gasteiger partial charge is 0.134 e. The molecule has 19 heavy (non-hydrogen) atoms. The molecule has 0 fully saturated rings. The van der Waals surface area contributed by atoms with E-state index in [0.29, 0.717) is 6.61 Å². The Labute approximate surface area is 111 Å². The van der Waals surface area contributed by atoms with Crippen molar-refractivity contribution >= 4 is 11.0 Å². The normalized spacial score (nSPS) is 10.8. The number of aromatic hydroxyl groups is 1. The molecule has 0 saturated heterocycles. The molecule has 3 rings (SSSR count). The van der Waals surface area contributed by atoms with E-state index in [1.807, 2.05) is 12.1 Å². The zero-order chi connectivity index (χ0) is 13.2. The van der Waals surface area contributed by atoms with Crippen molar-refractivity contribution in [3.05, 3.63) is 59.9 Å². The lowest BCUT2D eigenvalue weighted by molar-refractivity contribution is 0.305. The van der Waals surface area contributed by atoms with Crippen molar-refractivity contribution < 1.29 is 14.3 Å². The topological polar surface area (TPSA) is 42.6 Å². The SMILES string of the molecule is Cc1ccc2occ(COc3ccc(O)cc3)c2c1. The van der Waals surface area contributed by atoms with Crippen LogP contribution in [-0.2, 0) is 6.61 Å². The third-order valence-electron chi connectivity index (χ3n) is 3.04. The molecular formula is C16H14O3. The van der Waals surface area contributed by atoms with E-state index in [0.717, 1.165) is 22.3 Å². The Bertz CT molecular complexity index is 696. The summed E-state index contributed by atoms with van der Waals surface area (Å²) in [4.78, 5) is 0. The maximum absolute atomic E-state index is 9.21. The number of hydrogen-bond donors (Lipinski definition) is 1. The van der Waals surface area contributed by atoms with Crippen LogP contribution in [0.3, 0.4) is 0 Å². The van der Waals surface area contributed by atoms with E-state index in [2.05, 4.69) is 13.0 Å². The summed E-state index contributed by atoms with van der Waals surface area (Å²) in [7, 11) is 0. The minimum Gasteiger partial charge on any atom is -0.508 e. The number of phenolic OH excluding ortho intramolecular Hbond substituents is 1. The van der Waals surface area contributed by atoms with E-state index in [9.17, 15) is 5.11 Å². The first-order valence-electron chi connectivity index (χ1n) is 6.11. The molecule has 0 saturated carbocycles. The highest BCUT2D eigenvalue weighted by atomic mass is 16.5. The van der Waals surface area contributed by atoms with Crippen LogP contribution in [-0.4, -0.2) is 5.11 Å². The largest absolute Gasteiger partial charge is 0.508 e. The van der Waals surface area contributed by atoms with Crippen LogP contribution in [0, 0.1) is 6.92 Å². The van der Waals surface area contributed by atoms with Gasteiger partial charge in [0.05, 0.1) is 6.26 Å². The molecule has 0 aliphatic rings. The molecule has 1 N–H and O–H groups in total. The lowest BCUT2D eigenvalue weighted by Crippen LogP contribution is -1.94. The molecule has 0 bridgehead atoms. The number of benzene rings is 2. The Hall–Kier alpha value is -2.42. The molecule has 3 aromatic rings. The maximum Gasteiger partial charge on any atom is 0.134 e. The van der Waals surface area contributed by atoms with Gasteiger partial charge in [0.15, 0.2) is 0 Å². The van der Waals surface area contributed by atoms with Gasteiger partial charge < -0.3 is 14.3 Å². The van der Waals surface area contributed by atoms with E-state index in [1.165, 1.54) is 5.56 Å². The van der Waals surface area contributed by atoms with Gasteiger partial charge in [0.1, 0.15) is 23.7 Å². The molecule has 0 atom stereocenters.